The van der Waals surface area contributed by atoms with Crippen LogP contribution in [0.4, 0.5) is 4.79 Å². The third-order valence-electron chi connectivity index (χ3n) is 5.96. The van der Waals surface area contributed by atoms with Gasteiger partial charge >= 0.3 is 23.9 Å². The van der Waals surface area contributed by atoms with Crippen LogP contribution in [0.25, 0.3) is 0 Å². The zero-order valence-corrected chi connectivity index (χ0v) is 22.6. The van der Waals surface area contributed by atoms with Crippen molar-refractivity contribution >= 4 is 29.8 Å². The highest BCUT2D eigenvalue weighted by Crippen LogP contribution is 2.08. The molecule has 2 aromatic heterocycles. The van der Waals surface area contributed by atoms with Crippen molar-refractivity contribution in [2.24, 2.45) is 0 Å². The highest BCUT2D eigenvalue weighted by Gasteiger charge is 2.25. The minimum Gasteiger partial charge on any atom is -0.481 e. The molecule has 2 rings (SSSR count). The molecule has 14 nitrogen and oxygen atoms in total. The van der Waals surface area contributed by atoms with E-state index in [4.69, 9.17) is 10.2 Å². The Balaban J connectivity index is 1.74. The van der Waals surface area contributed by atoms with Crippen molar-refractivity contribution in [2.45, 2.75) is 63.7 Å². The lowest BCUT2D eigenvalue weighted by molar-refractivity contribution is -0.141. The fourth-order valence-corrected chi connectivity index (χ4v) is 3.85. The first kappa shape index (κ1) is 32.6. The van der Waals surface area contributed by atoms with Crippen molar-refractivity contribution in [1.82, 2.24) is 30.8 Å². The number of carbonyl (C=O) groups excluding carboxylic acids is 2. The summed E-state index contributed by atoms with van der Waals surface area (Å²) in [5.41, 5.74) is 1.87. The second-order valence-corrected chi connectivity index (χ2v) is 9.28. The Morgan fingerprint density at radius 3 is 1.76 bits per heavy atom. The molecule has 222 valence electrons. The van der Waals surface area contributed by atoms with Crippen LogP contribution in [-0.4, -0.2) is 85.2 Å². The number of hydrogen-bond acceptors (Lipinski definition) is 8. The fraction of sp³-hybridized carbons (Fsp3) is 0.444. The van der Waals surface area contributed by atoms with Gasteiger partial charge in [-0.1, -0.05) is 12.1 Å². The molecule has 0 aliphatic heterocycles. The van der Waals surface area contributed by atoms with Crippen molar-refractivity contribution < 1.29 is 39.3 Å². The van der Waals surface area contributed by atoms with E-state index in [2.05, 4.69) is 25.5 Å². The molecular weight excluding hydrogens is 536 g/mol. The van der Waals surface area contributed by atoms with Gasteiger partial charge < -0.3 is 31.3 Å². The number of carboxylic acid groups (broad SMARTS) is 3. The van der Waals surface area contributed by atoms with E-state index in [1.807, 2.05) is 41.7 Å². The second-order valence-electron chi connectivity index (χ2n) is 9.28. The molecule has 6 N–H and O–H groups in total. The lowest BCUT2D eigenvalue weighted by Crippen LogP contribution is -2.51. The maximum atomic E-state index is 12.3. The molecular formula is C27H36N6O8. The zero-order valence-electron chi connectivity index (χ0n) is 22.6. The largest absolute Gasteiger partial charge is 0.481 e. The van der Waals surface area contributed by atoms with E-state index < -0.39 is 42.4 Å². The van der Waals surface area contributed by atoms with E-state index in [0.29, 0.717) is 26.1 Å². The third-order valence-corrected chi connectivity index (χ3v) is 5.96. The van der Waals surface area contributed by atoms with Gasteiger partial charge in [0.15, 0.2) is 0 Å². The van der Waals surface area contributed by atoms with Crippen LogP contribution in [0.1, 0.15) is 49.9 Å². The van der Waals surface area contributed by atoms with E-state index in [-0.39, 0.29) is 25.2 Å². The molecule has 2 atom stereocenters. The summed E-state index contributed by atoms with van der Waals surface area (Å²) < 4.78 is 0. The summed E-state index contributed by atoms with van der Waals surface area (Å²) in [6, 6.07) is 7.46. The molecule has 14 heteroatoms. The van der Waals surface area contributed by atoms with Crippen LogP contribution in [-0.2, 0) is 32.3 Å². The highest BCUT2D eigenvalue weighted by atomic mass is 16.4. The Hall–Kier alpha value is -4.59. The van der Waals surface area contributed by atoms with Crippen LogP contribution >= 0.6 is 0 Å². The summed E-state index contributed by atoms with van der Waals surface area (Å²) in [6.07, 6.45) is 3.70. The number of rotatable bonds is 19. The van der Waals surface area contributed by atoms with E-state index >= 15 is 0 Å². The van der Waals surface area contributed by atoms with E-state index in [9.17, 15) is 29.1 Å². The highest BCUT2D eigenvalue weighted by molar-refractivity contribution is 5.86. The van der Waals surface area contributed by atoms with E-state index in [0.717, 1.165) is 24.4 Å². The summed E-state index contributed by atoms with van der Waals surface area (Å²) in [6.45, 7) is 2.42. The molecule has 2 heterocycles. The molecule has 0 saturated heterocycles. The van der Waals surface area contributed by atoms with Crippen LogP contribution < -0.4 is 16.0 Å². The number of carbonyl (C=O) groups is 5. The summed E-state index contributed by atoms with van der Waals surface area (Å²) in [5, 5.41) is 34.1. The SMILES string of the molecule is O=C(O)CCC(NC(=O)NC(CCC(=O)NCCCCN(Cc1ccccn1)Cc1ccccn1)C(=O)O)C(=O)O. The molecule has 3 amide bonds. The van der Waals surface area contributed by atoms with Gasteiger partial charge in [-0.25, -0.2) is 14.4 Å². The number of aliphatic carboxylic acids is 3. The molecule has 2 unspecified atom stereocenters. The van der Waals surface area contributed by atoms with Gasteiger partial charge in [-0.2, -0.15) is 0 Å². The normalized spacial score (nSPS) is 12.2. The Morgan fingerprint density at radius 1 is 0.756 bits per heavy atom. The van der Waals surface area contributed by atoms with Crippen molar-refractivity contribution in [3.63, 3.8) is 0 Å². The molecule has 41 heavy (non-hydrogen) atoms. The van der Waals surface area contributed by atoms with Crippen molar-refractivity contribution in [2.75, 3.05) is 13.1 Å². The molecule has 0 aliphatic rings. The van der Waals surface area contributed by atoms with Crippen molar-refractivity contribution in [3.8, 4) is 0 Å². The maximum Gasteiger partial charge on any atom is 0.326 e. The number of unbranched alkanes of at least 4 members (excludes halogenated alkanes) is 1. The monoisotopic (exact) mass is 572 g/mol. The molecule has 0 aromatic carbocycles. The quantitative estimate of drug-likeness (QED) is 0.132. The van der Waals surface area contributed by atoms with Gasteiger partial charge in [-0.15, -0.1) is 0 Å². The topological polar surface area (TPSA) is 211 Å². The zero-order chi connectivity index (χ0) is 30.0. The fourth-order valence-electron chi connectivity index (χ4n) is 3.85. The Kier molecular flexibility index (Phi) is 14.2. The first-order chi connectivity index (χ1) is 19.6. The van der Waals surface area contributed by atoms with Gasteiger partial charge in [0.2, 0.25) is 5.91 Å². The molecule has 0 saturated carbocycles. The van der Waals surface area contributed by atoms with Crippen LogP contribution in [0.15, 0.2) is 48.8 Å². The van der Waals surface area contributed by atoms with Gasteiger partial charge in [0.05, 0.1) is 11.4 Å². The lowest BCUT2D eigenvalue weighted by atomic mass is 10.1. The summed E-state index contributed by atoms with van der Waals surface area (Å²) in [7, 11) is 0. The van der Waals surface area contributed by atoms with E-state index in [1.54, 1.807) is 12.4 Å². The number of nitrogens with zero attached hydrogens (tertiary/aromatic N) is 3. The molecule has 0 spiro atoms. The standard InChI is InChI=1S/C27H36N6O8/c34-23(11-9-21(25(37)38)31-27(41)32-22(26(39)40)10-12-24(35)36)30-15-5-6-16-33(17-19-7-1-3-13-28-19)18-20-8-2-4-14-29-20/h1-4,7-8,13-14,21-22H,5-6,9-12,15-18H2,(H,30,34)(H,35,36)(H,37,38)(H,39,40)(H2,31,32,41). The first-order valence-electron chi connectivity index (χ1n) is 13.2. The number of nitrogens with one attached hydrogen (secondary N) is 3. The average molecular weight is 573 g/mol. The number of carboxylic acids is 3. The minimum absolute atomic E-state index is 0.176. The van der Waals surface area contributed by atoms with Crippen LogP contribution in [0.2, 0.25) is 0 Å². The van der Waals surface area contributed by atoms with Gasteiger partial charge in [0.25, 0.3) is 0 Å². The summed E-state index contributed by atoms with van der Waals surface area (Å²) >= 11 is 0. The van der Waals surface area contributed by atoms with Crippen LogP contribution in [0, 0.1) is 0 Å². The van der Waals surface area contributed by atoms with Gasteiger partial charge in [0, 0.05) is 44.9 Å². The smallest absolute Gasteiger partial charge is 0.326 e. The molecule has 0 radical (unpaired) electrons. The molecule has 0 bridgehead atoms. The predicted octanol–water partition coefficient (Wildman–Crippen LogP) is 1.23. The number of pyridine rings is 2. The third kappa shape index (κ3) is 13.9. The van der Waals surface area contributed by atoms with Crippen molar-refractivity contribution in [1.29, 1.82) is 0 Å². The number of amides is 3. The van der Waals surface area contributed by atoms with E-state index in [1.165, 1.54) is 0 Å². The second kappa shape index (κ2) is 17.9. The summed E-state index contributed by atoms with van der Waals surface area (Å²) in [4.78, 5) is 68.7. The number of aromatic nitrogens is 2. The Labute approximate surface area is 237 Å². The van der Waals surface area contributed by atoms with Gasteiger partial charge in [0.1, 0.15) is 12.1 Å². The van der Waals surface area contributed by atoms with Gasteiger partial charge in [-0.05, 0) is 56.5 Å². The van der Waals surface area contributed by atoms with Crippen LogP contribution in [0.3, 0.4) is 0 Å². The minimum atomic E-state index is -1.51. The first-order valence-corrected chi connectivity index (χ1v) is 13.2. The Morgan fingerprint density at radius 2 is 1.29 bits per heavy atom. The number of urea groups is 1. The van der Waals surface area contributed by atoms with Gasteiger partial charge in [-0.3, -0.25) is 24.5 Å². The van der Waals surface area contributed by atoms with Crippen LogP contribution in [0.5, 0.6) is 0 Å². The Bertz CT molecular complexity index is 1090. The molecule has 0 aliphatic carbocycles. The predicted molar refractivity (Wildman–Crippen MR) is 145 cm³/mol. The lowest BCUT2D eigenvalue weighted by Gasteiger charge is -2.21. The molecule has 2 aromatic rings. The molecule has 0 fully saturated rings. The number of hydrogen-bond donors (Lipinski definition) is 6. The summed E-state index contributed by atoms with van der Waals surface area (Å²) in [5.74, 6) is -4.48. The average Bonchev–Trinajstić information content (AvgIpc) is 2.93. The van der Waals surface area contributed by atoms with Crippen molar-refractivity contribution in [3.05, 3.63) is 60.2 Å². The maximum absolute atomic E-state index is 12.3.